The summed E-state index contributed by atoms with van der Waals surface area (Å²) in [5, 5.41) is 18.0. The van der Waals surface area contributed by atoms with E-state index in [4.69, 9.17) is 11.5 Å². The largest absolute Gasteiger partial charge is 0.480 e. The molecule has 282 valence electrons. The fourth-order valence-electron chi connectivity index (χ4n) is 6.93. The van der Waals surface area contributed by atoms with Gasteiger partial charge in [0.25, 0.3) is 0 Å². The molecule has 0 fully saturated rings. The van der Waals surface area contributed by atoms with Crippen molar-refractivity contribution in [2.75, 3.05) is 32.7 Å². The monoisotopic (exact) mass is 717 g/mol. The van der Waals surface area contributed by atoms with E-state index in [0.29, 0.717) is 58.3 Å². The first-order chi connectivity index (χ1) is 24.9. The highest BCUT2D eigenvalue weighted by Crippen LogP contribution is 2.31. The predicted molar refractivity (Wildman–Crippen MR) is 199 cm³/mol. The zero-order valence-corrected chi connectivity index (χ0v) is 30.6. The van der Waals surface area contributed by atoms with E-state index in [1.165, 1.54) is 0 Å². The lowest BCUT2D eigenvalue weighted by Gasteiger charge is -2.30. The van der Waals surface area contributed by atoms with Crippen molar-refractivity contribution >= 4 is 29.6 Å². The van der Waals surface area contributed by atoms with Gasteiger partial charge in [-0.2, -0.15) is 0 Å². The molecule has 0 saturated heterocycles. The molecule has 13 heteroatoms. The number of nitrogens with zero attached hydrogens (tertiary/aromatic N) is 2. The van der Waals surface area contributed by atoms with Crippen LogP contribution in [0.25, 0.3) is 0 Å². The van der Waals surface area contributed by atoms with E-state index in [9.17, 15) is 29.1 Å². The van der Waals surface area contributed by atoms with Crippen LogP contribution in [0.1, 0.15) is 57.6 Å². The van der Waals surface area contributed by atoms with Gasteiger partial charge in [-0.25, -0.2) is 0 Å². The van der Waals surface area contributed by atoms with Gasteiger partial charge in [-0.1, -0.05) is 74.5 Å². The smallest absolute Gasteiger partial charge is 0.317 e. The third kappa shape index (κ3) is 11.5. The number of amides is 4. The maximum atomic E-state index is 14.0. The van der Waals surface area contributed by atoms with Crippen molar-refractivity contribution in [1.82, 2.24) is 25.8 Å². The lowest BCUT2D eigenvalue weighted by atomic mass is 9.99. The summed E-state index contributed by atoms with van der Waals surface area (Å²) in [7, 11) is 0. The molecule has 2 aromatic carbocycles. The van der Waals surface area contributed by atoms with Gasteiger partial charge >= 0.3 is 5.97 Å². The first-order valence-electron chi connectivity index (χ1n) is 18.3. The second-order valence-electron chi connectivity index (χ2n) is 14.4. The topological polar surface area (TPSA) is 200 Å². The fraction of sp³-hybridized carbons (Fsp3) is 0.513. The summed E-state index contributed by atoms with van der Waals surface area (Å²) < 4.78 is 0. The fourth-order valence-corrected chi connectivity index (χ4v) is 6.93. The molecular formula is C39H55N7O6. The maximum Gasteiger partial charge on any atom is 0.317 e. The summed E-state index contributed by atoms with van der Waals surface area (Å²) >= 11 is 0. The zero-order valence-electron chi connectivity index (χ0n) is 30.6. The Kier molecular flexibility index (Phi) is 14.9. The third-order valence-corrected chi connectivity index (χ3v) is 9.75. The van der Waals surface area contributed by atoms with E-state index in [0.717, 1.165) is 22.3 Å². The molecule has 5 atom stereocenters. The highest BCUT2D eigenvalue weighted by atomic mass is 16.4. The molecule has 2 aromatic rings. The summed E-state index contributed by atoms with van der Waals surface area (Å²) in [5.41, 5.74) is 15.8. The molecule has 0 spiro atoms. The molecule has 0 aromatic heterocycles. The van der Waals surface area contributed by atoms with Crippen molar-refractivity contribution in [3.63, 3.8) is 0 Å². The van der Waals surface area contributed by atoms with Crippen LogP contribution >= 0.6 is 0 Å². The minimum absolute atomic E-state index is 0.0184. The average Bonchev–Trinajstić information content (AvgIpc) is 3.65. The average molecular weight is 718 g/mol. The summed E-state index contributed by atoms with van der Waals surface area (Å²) in [5.74, 6) is -2.61. The van der Waals surface area contributed by atoms with Gasteiger partial charge < -0.3 is 37.4 Å². The first kappa shape index (κ1) is 40.2. The van der Waals surface area contributed by atoms with Crippen LogP contribution in [0.4, 0.5) is 0 Å². The van der Waals surface area contributed by atoms with Crippen LogP contribution in [-0.4, -0.2) is 107 Å². The van der Waals surface area contributed by atoms with Gasteiger partial charge in [0.2, 0.25) is 23.6 Å². The molecule has 4 rings (SSSR count). The number of nitrogens with two attached hydrogens (primary N) is 2. The van der Waals surface area contributed by atoms with Crippen molar-refractivity contribution in [1.29, 1.82) is 0 Å². The van der Waals surface area contributed by atoms with Gasteiger partial charge in [0.05, 0.1) is 12.6 Å². The second-order valence-corrected chi connectivity index (χ2v) is 14.4. The van der Waals surface area contributed by atoms with Gasteiger partial charge in [0.15, 0.2) is 0 Å². The molecule has 8 N–H and O–H groups in total. The first-order valence-corrected chi connectivity index (χ1v) is 18.3. The molecule has 4 amide bonds. The molecule has 0 bridgehead atoms. The van der Waals surface area contributed by atoms with Gasteiger partial charge in [0, 0.05) is 32.1 Å². The van der Waals surface area contributed by atoms with E-state index in [1.54, 1.807) is 4.90 Å². The number of hydrogen-bond acceptors (Lipinski definition) is 8. The van der Waals surface area contributed by atoms with Crippen molar-refractivity contribution in [2.45, 2.75) is 89.5 Å². The second kappa shape index (κ2) is 19.3. The van der Waals surface area contributed by atoms with Crippen LogP contribution in [-0.2, 0) is 36.8 Å². The highest BCUT2D eigenvalue weighted by molar-refractivity contribution is 5.95. The Bertz CT molecular complexity index is 1570. The highest BCUT2D eigenvalue weighted by Gasteiger charge is 2.40. The van der Waals surface area contributed by atoms with Gasteiger partial charge in [0.1, 0.15) is 18.1 Å². The molecule has 52 heavy (non-hydrogen) atoms. The number of hydrogen-bond donors (Lipinski definition) is 6. The number of carboxylic acid groups (broad SMARTS) is 1. The number of carbonyl (C=O) groups excluding carboxylic acids is 4. The number of carbonyl (C=O) groups is 5. The lowest BCUT2D eigenvalue weighted by molar-refractivity contribution is -0.139. The Labute approximate surface area is 306 Å². The standard InChI is InChI=1S/C39H55N7O6/c1-25(2)18-33(44-38(51)34(20-28-14-8-5-9-15-28)43-36(49)31(41)19-27-12-6-4-7-13-27)37(50)42-32(16-10-11-17-40)39(52)46-22-29-21-45(24-35(47)48)26(3)30(29)23-46/h4-9,12-15,25-26,31-34H,10-11,16-24,40-41H2,1-3H3,(H,42,50)(H,43,49)(H,44,51)(H,47,48)/t26-,31?,32?,33?,34?/m1/s1. The Hall–Kier alpha value is -4.59. The third-order valence-electron chi connectivity index (χ3n) is 9.75. The number of rotatable bonds is 19. The van der Waals surface area contributed by atoms with Crippen LogP contribution in [0.3, 0.4) is 0 Å². The minimum Gasteiger partial charge on any atom is -0.480 e. The van der Waals surface area contributed by atoms with Crippen LogP contribution in [0, 0.1) is 5.92 Å². The molecule has 2 aliphatic heterocycles. The molecule has 0 saturated carbocycles. The molecule has 0 aliphatic carbocycles. The quantitative estimate of drug-likeness (QED) is 0.0917. The van der Waals surface area contributed by atoms with Crippen molar-refractivity contribution < 1.29 is 29.1 Å². The Morgan fingerprint density at radius 1 is 0.788 bits per heavy atom. The summed E-state index contributed by atoms with van der Waals surface area (Å²) in [6.45, 7) is 7.43. The van der Waals surface area contributed by atoms with E-state index in [1.807, 2.05) is 86.3 Å². The van der Waals surface area contributed by atoms with Crippen LogP contribution in [0.5, 0.6) is 0 Å². The minimum atomic E-state index is -1.01. The lowest BCUT2D eigenvalue weighted by Crippen LogP contribution is -2.58. The zero-order chi connectivity index (χ0) is 37.8. The van der Waals surface area contributed by atoms with Crippen LogP contribution in [0.15, 0.2) is 71.8 Å². The SMILES string of the molecule is CC(C)CC(NC(=O)C(Cc1ccccc1)NC(=O)C(N)Cc1ccccc1)C(=O)NC(CCCCN)C(=O)N1CC2=C(C1)[C@@H](C)N(CC(=O)O)C2. The van der Waals surface area contributed by atoms with Crippen molar-refractivity contribution in [3.8, 4) is 0 Å². The number of benzene rings is 2. The maximum absolute atomic E-state index is 14.0. The predicted octanol–water partition coefficient (Wildman–Crippen LogP) is 1.36. The number of nitrogens with one attached hydrogen (secondary N) is 3. The molecule has 2 aliphatic rings. The van der Waals surface area contributed by atoms with E-state index in [2.05, 4.69) is 16.0 Å². The van der Waals surface area contributed by atoms with E-state index in [-0.39, 0.29) is 30.8 Å². The van der Waals surface area contributed by atoms with Gasteiger partial charge in [-0.3, -0.25) is 28.9 Å². The van der Waals surface area contributed by atoms with Crippen LogP contribution in [0.2, 0.25) is 0 Å². The van der Waals surface area contributed by atoms with E-state index >= 15 is 0 Å². The summed E-state index contributed by atoms with van der Waals surface area (Å²) in [6, 6.07) is 14.8. The molecule has 4 unspecified atom stereocenters. The molecule has 0 radical (unpaired) electrons. The number of unbranched alkanes of at least 4 members (excludes halogenated alkanes) is 1. The Morgan fingerprint density at radius 3 is 1.94 bits per heavy atom. The summed E-state index contributed by atoms with van der Waals surface area (Å²) in [4.78, 5) is 70.1. The molecule has 13 nitrogen and oxygen atoms in total. The Balaban J connectivity index is 1.47. The number of aliphatic carboxylic acids is 1. The van der Waals surface area contributed by atoms with Crippen molar-refractivity contribution in [3.05, 3.63) is 82.9 Å². The Morgan fingerprint density at radius 2 is 1.37 bits per heavy atom. The number of carboxylic acids is 1. The van der Waals surface area contributed by atoms with E-state index < -0.39 is 47.9 Å². The van der Waals surface area contributed by atoms with Crippen LogP contribution < -0.4 is 27.4 Å². The van der Waals surface area contributed by atoms with Crippen molar-refractivity contribution in [2.24, 2.45) is 17.4 Å². The normalized spacial score (nSPS) is 18.0. The molecule has 2 heterocycles. The molecular weight excluding hydrogens is 662 g/mol. The van der Waals surface area contributed by atoms with Gasteiger partial charge in [-0.15, -0.1) is 0 Å². The summed E-state index contributed by atoms with van der Waals surface area (Å²) in [6.07, 6.45) is 2.44. The van der Waals surface area contributed by atoms with Gasteiger partial charge in [-0.05, 0) is 73.8 Å².